The van der Waals surface area contributed by atoms with Gasteiger partial charge < -0.3 is 28.4 Å². The summed E-state index contributed by atoms with van der Waals surface area (Å²) in [5, 5.41) is 0. The summed E-state index contributed by atoms with van der Waals surface area (Å²) in [5.74, 6) is 1.94. The third-order valence-corrected chi connectivity index (χ3v) is 7.08. The second-order valence-electron chi connectivity index (χ2n) is 8.97. The molecule has 0 saturated carbocycles. The van der Waals surface area contributed by atoms with Crippen LogP contribution in [0.5, 0.6) is 23.0 Å². The molecule has 3 unspecified atom stereocenters. The second-order valence-corrected chi connectivity index (χ2v) is 8.97. The van der Waals surface area contributed by atoms with Crippen LogP contribution in [0.25, 0.3) is 0 Å². The number of likely N-dealkylation sites (N-methyl/N-ethyl adjacent to an activating group) is 1. The molecular weight excluding hydrogens is 442 g/mol. The van der Waals surface area contributed by atoms with Crippen molar-refractivity contribution in [1.82, 2.24) is 4.90 Å². The summed E-state index contributed by atoms with van der Waals surface area (Å²) in [7, 11) is 3.37. The largest absolute Gasteiger partial charge is 0.469 e. The van der Waals surface area contributed by atoms with Gasteiger partial charge in [0.05, 0.1) is 20.0 Å². The lowest BCUT2D eigenvalue weighted by atomic mass is 9.70. The minimum atomic E-state index is -0.438. The number of rotatable bonds is 4. The predicted octanol–water partition coefficient (Wildman–Crippen LogP) is 2.84. The zero-order valence-electron chi connectivity index (χ0n) is 19.0. The van der Waals surface area contributed by atoms with E-state index in [2.05, 4.69) is 28.8 Å². The molecule has 1 aliphatic carbocycles. The first-order chi connectivity index (χ1) is 16.5. The second kappa shape index (κ2) is 8.09. The third kappa shape index (κ3) is 3.34. The summed E-state index contributed by atoms with van der Waals surface area (Å²) in [6, 6.07) is 7.99. The summed E-state index contributed by atoms with van der Waals surface area (Å²) in [6.07, 6.45) is 0.0579. The normalized spacial score (nSPS) is 23.5. The molecule has 0 saturated heterocycles. The maximum Gasteiger partial charge on any atom is 0.306 e. The van der Waals surface area contributed by atoms with Crippen LogP contribution in [0.3, 0.4) is 0 Å². The molecular formula is C25H25NO8. The Morgan fingerprint density at radius 3 is 2.53 bits per heavy atom. The number of carbonyl (C=O) groups excluding carboxylic acids is 2. The highest BCUT2D eigenvalue weighted by atomic mass is 16.7. The number of nitrogens with zero attached hydrogens (tertiary/aromatic N) is 1. The van der Waals surface area contributed by atoms with Crippen LogP contribution in [-0.4, -0.2) is 50.7 Å². The average Bonchev–Trinajstić information content (AvgIpc) is 3.50. The standard InChI is InChI=1S/C25H25NO8/c1-26-10-16-14(3-4-17-25(16)33-12-30-17)23-20(34-22(28)6-5-21(27)29-2)8-13-7-18-19(32-11-31-18)9-15(13)24(23)26/h3-4,7,9,20,23-24H,5-6,8,10-12H2,1-2H3. The molecule has 2 aromatic rings. The summed E-state index contributed by atoms with van der Waals surface area (Å²) in [6.45, 7) is 1.06. The van der Waals surface area contributed by atoms with Gasteiger partial charge in [0.2, 0.25) is 13.6 Å². The van der Waals surface area contributed by atoms with Crippen LogP contribution in [0.2, 0.25) is 0 Å². The Morgan fingerprint density at radius 2 is 1.71 bits per heavy atom. The van der Waals surface area contributed by atoms with Crippen molar-refractivity contribution in [3.8, 4) is 23.0 Å². The van der Waals surface area contributed by atoms with Crippen LogP contribution < -0.4 is 18.9 Å². The van der Waals surface area contributed by atoms with E-state index in [0.29, 0.717) is 18.7 Å². The first-order valence-corrected chi connectivity index (χ1v) is 11.3. The monoisotopic (exact) mass is 467 g/mol. The van der Waals surface area contributed by atoms with Crippen LogP contribution >= 0.6 is 0 Å². The van der Waals surface area contributed by atoms with Gasteiger partial charge in [0.15, 0.2) is 23.0 Å². The van der Waals surface area contributed by atoms with Gasteiger partial charge in [0.25, 0.3) is 0 Å². The number of carbonyl (C=O) groups is 2. The van der Waals surface area contributed by atoms with Crippen LogP contribution in [0, 0.1) is 0 Å². The van der Waals surface area contributed by atoms with E-state index >= 15 is 0 Å². The molecule has 0 spiro atoms. The predicted molar refractivity (Wildman–Crippen MR) is 117 cm³/mol. The van der Waals surface area contributed by atoms with Crippen LogP contribution in [0.1, 0.15) is 47.1 Å². The summed E-state index contributed by atoms with van der Waals surface area (Å²) < 4.78 is 33.4. The first kappa shape index (κ1) is 21.1. The van der Waals surface area contributed by atoms with Crippen LogP contribution in [0.4, 0.5) is 0 Å². The molecule has 3 heterocycles. The van der Waals surface area contributed by atoms with E-state index in [-0.39, 0.29) is 38.4 Å². The van der Waals surface area contributed by atoms with Crippen molar-refractivity contribution in [3.05, 3.63) is 46.5 Å². The minimum Gasteiger partial charge on any atom is -0.469 e. The average molecular weight is 467 g/mol. The molecule has 4 aliphatic rings. The Bertz CT molecular complexity index is 1180. The van der Waals surface area contributed by atoms with E-state index in [1.165, 1.54) is 7.11 Å². The Balaban J connectivity index is 1.41. The van der Waals surface area contributed by atoms with E-state index in [0.717, 1.165) is 39.5 Å². The summed E-state index contributed by atoms with van der Waals surface area (Å²) >= 11 is 0. The molecule has 0 fully saturated rings. The lowest BCUT2D eigenvalue weighted by Crippen LogP contribution is -2.45. The zero-order chi connectivity index (χ0) is 23.4. The highest BCUT2D eigenvalue weighted by Gasteiger charge is 2.47. The van der Waals surface area contributed by atoms with Crippen LogP contribution in [0.15, 0.2) is 24.3 Å². The maximum atomic E-state index is 12.8. The highest BCUT2D eigenvalue weighted by Crippen LogP contribution is 2.54. The fourth-order valence-electron chi connectivity index (χ4n) is 5.59. The number of esters is 2. The van der Waals surface area contributed by atoms with Crippen molar-refractivity contribution in [2.45, 2.75) is 43.9 Å². The number of ether oxygens (including phenoxy) is 6. The van der Waals surface area contributed by atoms with Gasteiger partial charge in [-0.15, -0.1) is 0 Å². The molecule has 6 rings (SSSR count). The van der Waals surface area contributed by atoms with Crippen molar-refractivity contribution in [2.75, 3.05) is 27.7 Å². The number of fused-ring (bicyclic) bond motifs is 8. The smallest absolute Gasteiger partial charge is 0.306 e. The Hall–Kier alpha value is -3.46. The van der Waals surface area contributed by atoms with E-state index in [4.69, 9.17) is 23.7 Å². The number of benzene rings is 2. The molecule has 0 aromatic heterocycles. The van der Waals surface area contributed by atoms with Gasteiger partial charge in [-0.25, -0.2) is 0 Å². The van der Waals surface area contributed by atoms with E-state index in [1.54, 1.807) is 0 Å². The minimum absolute atomic E-state index is 0.0133. The van der Waals surface area contributed by atoms with Gasteiger partial charge >= 0.3 is 11.9 Å². The fraction of sp³-hybridized carbons (Fsp3) is 0.440. The lowest BCUT2D eigenvalue weighted by Gasteiger charge is -2.47. The topological polar surface area (TPSA) is 92.8 Å². The summed E-state index contributed by atoms with van der Waals surface area (Å²) in [5.41, 5.74) is 4.34. The molecule has 9 nitrogen and oxygen atoms in total. The van der Waals surface area contributed by atoms with E-state index < -0.39 is 18.0 Å². The van der Waals surface area contributed by atoms with Crippen molar-refractivity contribution >= 4 is 11.9 Å². The van der Waals surface area contributed by atoms with Gasteiger partial charge in [-0.1, -0.05) is 6.07 Å². The van der Waals surface area contributed by atoms with Gasteiger partial charge in [0.1, 0.15) is 6.10 Å². The molecule has 0 amide bonds. The number of hydrogen-bond acceptors (Lipinski definition) is 9. The SMILES string of the molecule is COC(=O)CCC(=O)OC1Cc2cc3c(cc2C2C1c1ccc4c(c1CN2C)OCO4)OCO3. The molecule has 0 bridgehead atoms. The van der Waals surface area contributed by atoms with Gasteiger partial charge in [-0.05, 0) is 41.9 Å². The third-order valence-electron chi connectivity index (χ3n) is 7.08. The van der Waals surface area contributed by atoms with Crippen molar-refractivity contribution in [3.63, 3.8) is 0 Å². The summed E-state index contributed by atoms with van der Waals surface area (Å²) in [4.78, 5) is 26.5. The molecule has 9 heteroatoms. The van der Waals surface area contributed by atoms with Crippen LogP contribution in [-0.2, 0) is 32.0 Å². The van der Waals surface area contributed by atoms with Gasteiger partial charge in [0, 0.05) is 30.5 Å². The van der Waals surface area contributed by atoms with Crippen molar-refractivity contribution in [2.24, 2.45) is 0 Å². The van der Waals surface area contributed by atoms with Crippen molar-refractivity contribution in [1.29, 1.82) is 0 Å². The zero-order valence-corrected chi connectivity index (χ0v) is 19.0. The van der Waals surface area contributed by atoms with E-state index in [9.17, 15) is 9.59 Å². The lowest BCUT2D eigenvalue weighted by molar-refractivity contribution is -0.155. The molecule has 178 valence electrons. The Labute approximate surface area is 196 Å². The Morgan fingerprint density at radius 1 is 0.971 bits per heavy atom. The Kier molecular flexibility index (Phi) is 5.02. The van der Waals surface area contributed by atoms with Gasteiger partial charge in [-0.2, -0.15) is 0 Å². The van der Waals surface area contributed by atoms with E-state index in [1.807, 2.05) is 12.1 Å². The maximum absolute atomic E-state index is 12.8. The first-order valence-electron chi connectivity index (χ1n) is 11.3. The number of hydrogen-bond donors (Lipinski definition) is 0. The molecule has 34 heavy (non-hydrogen) atoms. The number of methoxy groups -OCH3 is 1. The highest BCUT2D eigenvalue weighted by molar-refractivity contribution is 5.77. The quantitative estimate of drug-likeness (QED) is 0.630. The fourth-order valence-corrected chi connectivity index (χ4v) is 5.59. The van der Waals surface area contributed by atoms with Crippen molar-refractivity contribution < 1.29 is 38.0 Å². The molecule has 3 aliphatic heterocycles. The molecule has 2 aromatic carbocycles. The van der Waals surface area contributed by atoms with Gasteiger partial charge in [-0.3, -0.25) is 14.5 Å². The molecule has 3 atom stereocenters. The molecule has 0 radical (unpaired) electrons. The molecule has 0 N–H and O–H groups in total.